The molecule has 2 saturated heterocycles. The van der Waals surface area contributed by atoms with Gasteiger partial charge in [-0.15, -0.1) is 0 Å². The van der Waals surface area contributed by atoms with Gasteiger partial charge in [0.1, 0.15) is 11.9 Å². The highest BCUT2D eigenvalue weighted by molar-refractivity contribution is 9.10. The summed E-state index contributed by atoms with van der Waals surface area (Å²) in [5.41, 5.74) is -1.23. The van der Waals surface area contributed by atoms with Gasteiger partial charge in [0.25, 0.3) is 0 Å². The lowest BCUT2D eigenvalue weighted by molar-refractivity contribution is -0.258. The summed E-state index contributed by atoms with van der Waals surface area (Å²) in [6.07, 6.45) is -0.0845. The SMILES string of the molecule is O=C(OC12CCCC(CC(Oc3cccc(Br)c3)C1)N2CC1CC1)C(F)(F)F. The third-order valence-electron chi connectivity index (χ3n) is 5.92. The molecule has 3 fully saturated rings. The van der Waals surface area contributed by atoms with Crippen LogP contribution in [0.3, 0.4) is 0 Å². The van der Waals surface area contributed by atoms with E-state index in [-0.39, 0.29) is 18.6 Å². The second-order valence-corrected chi connectivity index (χ2v) is 9.03. The van der Waals surface area contributed by atoms with Crippen LogP contribution in [0.1, 0.15) is 44.9 Å². The first-order valence-electron chi connectivity index (χ1n) is 9.74. The van der Waals surface area contributed by atoms with Gasteiger partial charge in [-0.2, -0.15) is 13.2 Å². The van der Waals surface area contributed by atoms with E-state index >= 15 is 0 Å². The number of nitrogens with zero attached hydrogens (tertiary/aromatic N) is 1. The Hall–Kier alpha value is -1.28. The normalized spacial score (nSPS) is 30.7. The van der Waals surface area contributed by atoms with E-state index < -0.39 is 17.9 Å². The van der Waals surface area contributed by atoms with Gasteiger partial charge in [-0.25, -0.2) is 4.79 Å². The quantitative estimate of drug-likeness (QED) is 0.574. The molecule has 4 nitrogen and oxygen atoms in total. The van der Waals surface area contributed by atoms with Crippen LogP contribution in [0.25, 0.3) is 0 Å². The maximum Gasteiger partial charge on any atom is 0.490 e. The molecule has 3 atom stereocenters. The number of benzene rings is 1. The molecular formula is C20H23BrF3NO3. The number of esters is 1. The fraction of sp³-hybridized carbons (Fsp3) is 0.650. The number of carbonyl (C=O) groups excluding carboxylic acids is 1. The van der Waals surface area contributed by atoms with Gasteiger partial charge in [0.2, 0.25) is 0 Å². The first kappa shape index (κ1) is 20.0. The van der Waals surface area contributed by atoms with E-state index in [1.54, 1.807) is 0 Å². The lowest BCUT2D eigenvalue weighted by Gasteiger charge is -2.55. The molecule has 1 aromatic carbocycles. The van der Waals surface area contributed by atoms with Crippen LogP contribution in [0.15, 0.2) is 28.7 Å². The Kier molecular flexibility index (Phi) is 5.37. The fourth-order valence-electron chi connectivity index (χ4n) is 4.55. The molecule has 4 rings (SSSR count). The Morgan fingerprint density at radius 1 is 1.29 bits per heavy atom. The van der Waals surface area contributed by atoms with Crippen LogP contribution in [0.5, 0.6) is 5.75 Å². The predicted molar refractivity (Wildman–Crippen MR) is 99.7 cm³/mol. The number of hydrogen-bond acceptors (Lipinski definition) is 4. The highest BCUT2D eigenvalue weighted by atomic mass is 79.9. The Morgan fingerprint density at radius 2 is 2.07 bits per heavy atom. The van der Waals surface area contributed by atoms with E-state index in [1.165, 1.54) is 0 Å². The Labute approximate surface area is 170 Å². The number of piperidine rings is 2. The smallest absolute Gasteiger partial charge is 0.490 e. The van der Waals surface area contributed by atoms with E-state index in [9.17, 15) is 18.0 Å². The van der Waals surface area contributed by atoms with Crippen LogP contribution in [0.2, 0.25) is 0 Å². The lowest BCUT2D eigenvalue weighted by Crippen LogP contribution is -2.65. The van der Waals surface area contributed by atoms with Crippen molar-refractivity contribution in [3.05, 3.63) is 28.7 Å². The van der Waals surface area contributed by atoms with E-state index in [1.807, 2.05) is 29.2 Å². The molecule has 28 heavy (non-hydrogen) atoms. The monoisotopic (exact) mass is 461 g/mol. The van der Waals surface area contributed by atoms with Gasteiger partial charge < -0.3 is 9.47 Å². The molecule has 154 valence electrons. The van der Waals surface area contributed by atoms with Crippen molar-refractivity contribution in [2.75, 3.05) is 6.54 Å². The molecule has 2 aliphatic heterocycles. The molecule has 0 radical (unpaired) electrons. The van der Waals surface area contributed by atoms with Gasteiger partial charge in [0, 0.05) is 36.3 Å². The summed E-state index contributed by atoms with van der Waals surface area (Å²) >= 11 is 3.40. The van der Waals surface area contributed by atoms with Crippen LogP contribution < -0.4 is 4.74 Å². The lowest BCUT2D eigenvalue weighted by atomic mass is 9.79. The molecule has 2 bridgehead atoms. The zero-order valence-corrected chi connectivity index (χ0v) is 17.0. The van der Waals surface area contributed by atoms with Crippen molar-refractivity contribution in [3.8, 4) is 5.75 Å². The molecule has 0 amide bonds. The van der Waals surface area contributed by atoms with E-state index in [0.29, 0.717) is 24.6 Å². The number of fused-ring (bicyclic) bond motifs is 2. The highest BCUT2D eigenvalue weighted by Gasteiger charge is 2.56. The summed E-state index contributed by atoms with van der Waals surface area (Å²) in [4.78, 5) is 13.8. The fourth-order valence-corrected chi connectivity index (χ4v) is 4.93. The van der Waals surface area contributed by atoms with Gasteiger partial charge in [0.05, 0.1) is 0 Å². The van der Waals surface area contributed by atoms with Crippen LogP contribution in [-0.4, -0.2) is 41.5 Å². The van der Waals surface area contributed by atoms with Crippen LogP contribution in [0.4, 0.5) is 13.2 Å². The van der Waals surface area contributed by atoms with Gasteiger partial charge in [0.15, 0.2) is 5.72 Å². The molecule has 1 aliphatic carbocycles. The number of alkyl halides is 3. The Balaban J connectivity index is 1.58. The van der Waals surface area contributed by atoms with E-state index in [2.05, 4.69) is 15.9 Å². The zero-order valence-electron chi connectivity index (χ0n) is 15.4. The van der Waals surface area contributed by atoms with Crippen molar-refractivity contribution < 1.29 is 27.4 Å². The van der Waals surface area contributed by atoms with Gasteiger partial charge >= 0.3 is 12.1 Å². The number of carbonyl (C=O) groups is 1. The second-order valence-electron chi connectivity index (χ2n) is 8.11. The number of hydrogen-bond donors (Lipinski definition) is 0. The summed E-state index contributed by atoms with van der Waals surface area (Å²) < 4.78 is 51.2. The number of ether oxygens (including phenoxy) is 2. The van der Waals surface area contributed by atoms with Crippen LogP contribution in [0, 0.1) is 5.92 Å². The molecule has 3 unspecified atom stereocenters. The molecule has 8 heteroatoms. The van der Waals surface area contributed by atoms with Crippen molar-refractivity contribution in [1.29, 1.82) is 0 Å². The first-order chi connectivity index (χ1) is 13.2. The average molecular weight is 462 g/mol. The summed E-state index contributed by atoms with van der Waals surface area (Å²) in [5, 5.41) is 0. The van der Waals surface area contributed by atoms with Crippen molar-refractivity contribution in [3.63, 3.8) is 0 Å². The molecule has 0 N–H and O–H groups in total. The van der Waals surface area contributed by atoms with Crippen molar-refractivity contribution in [2.45, 2.75) is 69.0 Å². The minimum Gasteiger partial charge on any atom is -0.490 e. The number of rotatable bonds is 5. The summed E-state index contributed by atoms with van der Waals surface area (Å²) in [6, 6.07) is 7.46. The topological polar surface area (TPSA) is 38.8 Å². The van der Waals surface area contributed by atoms with Gasteiger partial charge in [-0.05, 0) is 49.8 Å². The largest absolute Gasteiger partial charge is 0.490 e. The third kappa shape index (κ3) is 4.32. The highest BCUT2D eigenvalue weighted by Crippen LogP contribution is 2.47. The third-order valence-corrected chi connectivity index (χ3v) is 6.41. The maximum atomic E-state index is 13.0. The first-order valence-corrected chi connectivity index (χ1v) is 10.5. The average Bonchev–Trinajstić information content (AvgIpc) is 3.39. The van der Waals surface area contributed by atoms with E-state index in [0.717, 1.165) is 36.6 Å². The minimum absolute atomic E-state index is 0.0706. The maximum absolute atomic E-state index is 13.0. The Bertz CT molecular complexity index is 740. The zero-order chi connectivity index (χ0) is 19.9. The summed E-state index contributed by atoms with van der Waals surface area (Å²) in [5.74, 6) is -0.949. The summed E-state index contributed by atoms with van der Waals surface area (Å²) in [7, 11) is 0. The van der Waals surface area contributed by atoms with Crippen molar-refractivity contribution in [1.82, 2.24) is 4.90 Å². The molecule has 0 spiro atoms. The molecule has 2 heterocycles. The standard InChI is InChI=1S/C20H23BrF3NO3/c21-14-3-1-5-16(9-14)27-17-10-15-4-2-8-19(11-17,25(15)12-13-6-7-13)28-18(26)20(22,23)24/h1,3,5,9,13,15,17H,2,4,6-8,10-12H2. The molecule has 1 saturated carbocycles. The predicted octanol–water partition coefficient (Wildman–Crippen LogP) is 5.06. The molecule has 3 aliphatic rings. The van der Waals surface area contributed by atoms with Crippen molar-refractivity contribution in [2.24, 2.45) is 5.92 Å². The Morgan fingerprint density at radius 3 is 2.75 bits per heavy atom. The van der Waals surface area contributed by atoms with Gasteiger partial charge in [-0.3, -0.25) is 4.90 Å². The van der Waals surface area contributed by atoms with Crippen molar-refractivity contribution >= 4 is 21.9 Å². The molecule has 1 aromatic rings. The molecular weight excluding hydrogens is 439 g/mol. The van der Waals surface area contributed by atoms with Crippen LogP contribution >= 0.6 is 15.9 Å². The number of halogens is 4. The molecule has 0 aromatic heterocycles. The van der Waals surface area contributed by atoms with E-state index in [4.69, 9.17) is 9.47 Å². The van der Waals surface area contributed by atoms with Gasteiger partial charge in [-0.1, -0.05) is 22.0 Å². The van der Waals surface area contributed by atoms with Crippen LogP contribution in [-0.2, 0) is 9.53 Å². The summed E-state index contributed by atoms with van der Waals surface area (Å²) in [6.45, 7) is 0.694. The second kappa shape index (κ2) is 7.52. The minimum atomic E-state index is -5.00.